The maximum atomic E-state index is 11.9. The van der Waals surface area contributed by atoms with E-state index in [1.807, 2.05) is 32.0 Å². The number of hydrogen-bond acceptors (Lipinski definition) is 4. The van der Waals surface area contributed by atoms with E-state index in [1.165, 1.54) is 5.56 Å². The van der Waals surface area contributed by atoms with E-state index in [9.17, 15) is 9.59 Å². The standard InChI is InChI=1S/C21H24O4/c1-14(2)17-5-7-18(8-6-17)24-20(22)9-10-21(23)25-19-12-15(3)11-16(4)13-19/h5-8,11-14H,9-10H2,1-4H3. The topological polar surface area (TPSA) is 52.6 Å². The van der Waals surface area contributed by atoms with Gasteiger partial charge in [0.05, 0.1) is 12.8 Å². The number of carbonyl (C=O) groups is 2. The van der Waals surface area contributed by atoms with Crippen LogP contribution in [0.5, 0.6) is 11.5 Å². The second-order valence-electron chi connectivity index (χ2n) is 6.50. The van der Waals surface area contributed by atoms with Crippen LogP contribution in [0.2, 0.25) is 0 Å². The Bertz CT molecular complexity index is 725. The summed E-state index contributed by atoms with van der Waals surface area (Å²) in [6.45, 7) is 8.07. The average Bonchev–Trinajstić information content (AvgIpc) is 2.52. The zero-order valence-corrected chi connectivity index (χ0v) is 15.2. The molecular weight excluding hydrogens is 316 g/mol. The van der Waals surface area contributed by atoms with Gasteiger partial charge in [0, 0.05) is 0 Å². The summed E-state index contributed by atoms with van der Waals surface area (Å²) >= 11 is 0. The zero-order chi connectivity index (χ0) is 18.4. The van der Waals surface area contributed by atoms with E-state index in [1.54, 1.807) is 24.3 Å². The molecule has 0 saturated heterocycles. The van der Waals surface area contributed by atoms with E-state index in [-0.39, 0.29) is 12.8 Å². The van der Waals surface area contributed by atoms with Crippen molar-refractivity contribution in [2.45, 2.75) is 46.5 Å². The minimum atomic E-state index is -0.449. The third kappa shape index (κ3) is 6.07. The van der Waals surface area contributed by atoms with Crippen molar-refractivity contribution in [3.63, 3.8) is 0 Å². The lowest BCUT2D eigenvalue weighted by molar-refractivity contribution is -0.140. The number of ether oxygens (including phenoxy) is 2. The van der Waals surface area contributed by atoms with Crippen LogP contribution in [-0.2, 0) is 9.59 Å². The second-order valence-corrected chi connectivity index (χ2v) is 6.50. The van der Waals surface area contributed by atoms with Gasteiger partial charge in [0.25, 0.3) is 0 Å². The van der Waals surface area contributed by atoms with Crippen molar-refractivity contribution < 1.29 is 19.1 Å². The molecule has 0 spiro atoms. The summed E-state index contributed by atoms with van der Waals surface area (Å²) < 4.78 is 10.5. The first-order chi connectivity index (χ1) is 11.8. The van der Waals surface area contributed by atoms with Gasteiger partial charge in [-0.25, -0.2) is 0 Å². The van der Waals surface area contributed by atoms with Gasteiger partial charge in [-0.05, 0) is 60.7 Å². The molecule has 0 bridgehead atoms. The molecule has 0 aliphatic rings. The first kappa shape index (κ1) is 18.7. The van der Waals surface area contributed by atoms with Crippen LogP contribution in [-0.4, -0.2) is 11.9 Å². The summed E-state index contributed by atoms with van der Waals surface area (Å²) in [6, 6.07) is 13.0. The molecule has 0 N–H and O–H groups in total. The van der Waals surface area contributed by atoms with E-state index in [2.05, 4.69) is 13.8 Å². The minimum Gasteiger partial charge on any atom is -0.427 e. The average molecular weight is 340 g/mol. The Morgan fingerprint density at radius 1 is 0.800 bits per heavy atom. The molecule has 4 heteroatoms. The lowest BCUT2D eigenvalue weighted by atomic mass is 10.0. The Kier molecular flexibility index (Phi) is 6.34. The summed E-state index contributed by atoms with van der Waals surface area (Å²) in [4.78, 5) is 23.7. The lowest BCUT2D eigenvalue weighted by Crippen LogP contribution is -2.14. The first-order valence-corrected chi connectivity index (χ1v) is 8.43. The number of benzene rings is 2. The van der Waals surface area contributed by atoms with Crippen LogP contribution >= 0.6 is 0 Å². The molecule has 0 amide bonds. The monoisotopic (exact) mass is 340 g/mol. The third-order valence-corrected chi connectivity index (χ3v) is 3.74. The van der Waals surface area contributed by atoms with Gasteiger partial charge >= 0.3 is 11.9 Å². The molecule has 25 heavy (non-hydrogen) atoms. The van der Waals surface area contributed by atoms with Gasteiger partial charge in [-0.2, -0.15) is 0 Å². The van der Waals surface area contributed by atoms with E-state index in [4.69, 9.17) is 9.47 Å². The molecule has 0 heterocycles. The van der Waals surface area contributed by atoms with Gasteiger partial charge in [0.2, 0.25) is 0 Å². The molecule has 0 radical (unpaired) electrons. The van der Waals surface area contributed by atoms with Crippen LogP contribution in [0.4, 0.5) is 0 Å². The summed E-state index contributed by atoms with van der Waals surface area (Å²) in [7, 11) is 0. The lowest BCUT2D eigenvalue weighted by Gasteiger charge is -2.08. The molecule has 0 aliphatic heterocycles. The number of hydrogen-bond donors (Lipinski definition) is 0. The van der Waals surface area contributed by atoms with Gasteiger partial charge < -0.3 is 9.47 Å². The maximum absolute atomic E-state index is 11.9. The third-order valence-electron chi connectivity index (χ3n) is 3.74. The van der Waals surface area contributed by atoms with Crippen LogP contribution in [0.3, 0.4) is 0 Å². The summed E-state index contributed by atoms with van der Waals surface area (Å²) in [5.41, 5.74) is 3.22. The Morgan fingerprint density at radius 2 is 1.28 bits per heavy atom. The Morgan fingerprint density at radius 3 is 1.76 bits per heavy atom. The SMILES string of the molecule is Cc1cc(C)cc(OC(=O)CCC(=O)Oc2ccc(C(C)C)cc2)c1. The Hall–Kier alpha value is -2.62. The smallest absolute Gasteiger partial charge is 0.311 e. The Balaban J connectivity index is 1.81. The first-order valence-electron chi connectivity index (χ1n) is 8.43. The van der Waals surface area contributed by atoms with Crippen LogP contribution in [0.1, 0.15) is 49.3 Å². The predicted molar refractivity (Wildman–Crippen MR) is 97.0 cm³/mol. The van der Waals surface area contributed by atoms with Crippen molar-refractivity contribution >= 4 is 11.9 Å². The molecular formula is C21H24O4. The fraction of sp³-hybridized carbons (Fsp3) is 0.333. The zero-order valence-electron chi connectivity index (χ0n) is 15.2. The summed E-state index contributed by atoms with van der Waals surface area (Å²) in [5, 5.41) is 0. The van der Waals surface area contributed by atoms with Crippen molar-refractivity contribution in [3.8, 4) is 11.5 Å². The number of carbonyl (C=O) groups excluding carboxylic acids is 2. The Labute approximate surface area is 148 Å². The predicted octanol–water partition coefficient (Wildman–Crippen LogP) is 4.72. The van der Waals surface area contributed by atoms with Crippen molar-refractivity contribution in [3.05, 3.63) is 59.2 Å². The summed E-state index contributed by atoms with van der Waals surface area (Å²) in [5.74, 6) is 0.508. The van der Waals surface area contributed by atoms with E-state index >= 15 is 0 Å². The van der Waals surface area contributed by atoms with Gasteiger partial charge in [-0.1, -0.05) is 32.0 Å². The van der Waals surface area contributed by atoms with E-state index in [0.717, 1.165) is 11.1 Å². The van der Waals surface area contributed by atoms with Crippen molar-refractivity contribution in [2.24, 2.45) is 0 Å². The molecule has 2 rings (SSSR count). The van der Waals surface area contributed by atoms with Gasteiger partial charge in [0.15, 0.2) is 0 Å². The quantitative estimate of drug-likeness (QED) is 0.564. The van der Waals surface area contributed by atoms with Crippen LogP contribution in [0, 0.1) is 13.8 Å². The molecule has 0 saturated carbocycles. The molecule has 2 aromatic carbocycles. The summed E-state index contributed by atoms with van der Waals surface area (Å²) in [6.07, 6.45) is -0.0362. The minimum absolute atomic E-state index is 0.0180. The highest BCUT2D eigenvalue weighted by atomic mass is 16.5. The van der Waals surface area contributed by atoms with Gasteiger partial charge in [0.1, 0.15) is 11.5 Å². The molecule has 132 valence electrons. The second kappa shape index (κ2) is 8.47. The molecule has 0 unspecified atom stereocenters. The molecule has 0 aromatic heterocycles. The molecule has 0 aliphatic carbocycles. The fourth-order valence-corrected chi connectivity index (χ4v) is 2.48. The molecule has 4 nitrogen and oxygen atoms in total. The van der Waals surface area contributed by atoms with Crippen molar-refractivity contribution in [1.82, 2.24) is 0 Å². The number of aryl methyl sites for hydroxylation is 2. The van der Waals surface area contributed by atoms with E-state index < -0.39 is 11.9 Å². The van der Waals surface area contributed by atoms with Gasteiger partial charge in [-0.3, -0.25) is 9.59 Å². The molecule has 2 aromatic rings. The highest BCUT2D eigenvalue weighted by Gasteiger charge is 2.12. The van der Waals surface area contributed by atoms with Gasteiger partial charge in [-0.15, -0.1) is 0 Å². The molecule has 0 atom stereocenters. The highest BCUT2D eigenvalue weighted by Crippen LogP contribution is 2.19. The number of rotatable bonds is 6. The van der Waals surface area contributed by atoms with E-state index in [0.29, 0.717) is 17.4 Å². The maximum Gasteiger partial charge on any atom is 0.311 e. The van der Waals surface area contributed by atoms with Crippen molar-refractivity contribution in [1.29, 1.82) is 0 Å². The van der Waals surface area contributed by atoms with Crippen LogP contribution < -0.4 is 9.47 Å². The van der Waals surface area contributed by atoms with Crippen LogP contribution in [0.25, 0.3) is 0 Å². The highest BCUT2D eigenvalue weighted by molar-refractivity contribution is 5.80. The van der Waals surface area contributed by atoms with Crippen LogP contribution in [0.15, 0.2) is 42.5 Å². The normalized spacial score (nSPS) is 10.6. The fourth-order valence-electron chi connectivity index (χ4n) is 2.48. The molecule has 0 fully saturated rings. The largest absolute Gasteiger partial charge is 0.427 e. The number of esters is 2. The van der Waals surface area contributed by atoms with Crippen molar-refractivity contribution in [2.75, 3.05) is 0 Å².